The number of allylic oxidation sites excluding steroid dienone is 3. The van der Waals surface area contributed by atoms with Crippen LogP contribution in [0.1, 0.15) is 64.7 Å². The Hall–Kier alpha value is -0.560. The molecule has 6 atom stereocenters. The van der Waals surface area contributed by atoms with Crippen LogP contribution in [0.15, 0.2) is 23.8 Å². The molecule has 4 aliphatic rings. The first-order chi connectivity index (χ1) is 10.7. The molecule has 122 valence electrons. The average molecular weight is 300 g/mol. The minimum Gasteiger partial charge on any atom is -0.381 e. The van der Waals surface area contributed by atoms with E-state index in [1.165, 1.54) is 57.8 Å². The normalized spacial score (nSPS) is 47.5. The molecule has 0 saturated heterocycles. The van der Waals surface area contributed by atoms with E-state index in [0.717, 1.165) is 23.7 Å². The van der Waals surface area contributed by atoms with Crippen molar-refractivity contribution < 1.29 is 4.74 Å². The first-order valence-corrected chi connectivity index (χ1v) is 9.60. The maximum Gasteiger partial charge on any atom is 0.0633 e. The Morgan fingerprint density at radius 2 is 2.14 bits per heavy atom. The molecular formula is C21H32O. The molecule has 0 radical (unpaired) electrons. The van der Waals surface area contributed by atoms with Gasteiger partial charge < -0.3 is 4.74 Å². The smallest absolute Gasteiger partial charge is 0.0633 e. The molecule has 0 aromatic heterocycles. The largest absolute Gasteiger partial charge is 0.381 e. The summed E-state index contributed by atoms with van der Waals surface area (Å²) in [6.07, 6.45) is 15.1. The van der Waals surface area contributed by atoms with E-state index in [1.807, 2.05) is 7.11 Å². The molecule has 1 heteroatoms. The molecule has 0 N–H and O–H groups in total. The Kier molecular flexibility index (Phi) is 3.76. The summed E-state index contributed by atoms with van der Waals surface area (Å²) in [5.74, 6) is 3.42. The maximum absolute atomic E-state index is 5.96. The van der Waals surface area contributed by atoms with Crippen LogP contribution in [0.4, 0.5) is 0 Å². The van der Waals surface area contributed by atoms with E-state index in [1.54, 1.807) is 11.1 Å². The maximum atomic E-state index is 5.96. The van der Waals surface area contributed by atoms with Crippen molar-refractivity contribution in [2.24, 2.45) is 29.1 Å². The van der Waals surface area contributed by atoms with Crippen LogP contribution in [0.3, 0.4) is 0 Å². The summed E-state index contributed by atoms with van der Waals surface area (Å²) in [5.41, 5.74) is 3.77. The van der Waals surface area contributed by atoms with Gasteiger partial charge in [-0.1, -0.05) is 30.7 Å². The predicted molar refractivity (Wildman–Crippen MR) is 91.6 cm³/mol. The van der Waals surface area contributed by atoms with Gasteiger partial charge in [0.2, 0.25) is 0 Å². The molecule has 0 spiro atoms. The molecule has 22 heavy (non-hydrogen) atoms. The highest BCUT2D eigenvalue weighted by atomic mass is 16.5. The van der Waals surface area contributed by atoms with Crippen LogP contribution in [0, 0.1) is 29.1 Å². The quantitative estimate of drug-likeness (QED) is 0.610. The van der Waals surface area contributed by atoms with E-state index in [2.05, 4.69) is 19.6 Å². The SMILES string of the molecule is C=C1C[C@]2(CC)C(OC)CCC2C2CCC3=CCCCC3C12. The van der Waals surface area contributed by atoms with Gasteiger partial charge >= 0.3 is 0 Å². The Morgan fingerprint density at radius 3 is 2.91 bits per heavy atom. The summed E-state index contributed by atoms with van der Waals surface area (Å²) in [5, 5.41) is 0. The van der Waals surface area contributed by atoms with Crippen molar-refractivity contribution >= 4 is 0 Å². The van der Waals surface area contributed by atoms with E-state index >= 15 is 0 Å². The fourth-order valence-corrected chi connectivity index (χ4v) is 7.05. The summed E-state index contributed by atoms with van der Waals surface area (Å²) in [7, 11) is 1.93. The second kappa shape index (κ2) is 5.51. The number of hydrogen-bond donors (Lipinski definition) is 0. The predicted octanol–water partition coefficient (Wildman–Crippen LogP) is 5.52. The lowest BCUT2D eigenvalue weighted by Crippen LogP contribution is -2.49. The monoisotopic (exact) mass is 300 g/mol. The van der Waals surface area contributed by atoms with Crippen LogP contribution >= 0.6 is 0 Å². The molecule has 0 aromatic rings. The van der Waals surface area contributed by atoms with Crippen molar-refractivity contribution in [3.8, 4) is 0 Å². The first kappa shape index (κ1) is 15.0. The summed E-state index contributed by atoms with van der Waals surface area (Å²) >= 11 is 0. The fraction of sp³-hybridized carbons (Fsp3) is 0.810. The third-order valence-electron chi connectivity index (χ3n) is 7.87. The van der Waals surface area contributed by atoms with E-state index < -0.39 is 0 Å². The van der Waals surface area contributed by atoms with Crippen LogP contribution in [0.5, 0.6) is 0 Å². The highest BCUT2D eigenvalue weighted by Gasteiger charge is 2.58. The molecule has 0 bridgehead atoms. The van der Waals surface area contributed by atoms with Gasteiger partial charge in [0.25, 0.3) is 0 Å². The van der Waals surface area contributed by atoms with Crippen molar-refractivity contribution in [2.75, 3.05) is 7.11 Å². The number of rotatable bonds is 2. The lowest BCUT2D eigenvalue weighted by Gasteiger charge is -2.55. The fourth-order valence-electron chi connectivity index (χ4n) is 7.05. The molecule has 3 fully saturated rings. The highest BCUT2D eigenvalue weighted by Crippen LogP contribution is 2.64. The summed E-state index contributed by atoms with van der Waals surface area (Å²) in [4.78, 5) is 0. The Labute approximate surface area is 136 Å². The molecule has 0 aliphatic heterocycles. The van der Waals surface area contributed by atoms with Gasteiger partial charge in [-0.05, 0) is 81.5 Å². The molecule has 0 aromatic carbocycles. The van der Waals surface area contributed by atoms with Crippen molar-refractivity contribution in [2.45, 2.75) is 70.8 Å². The zero-order chi connectivity index (χ0) is 15.3. The molecule has 4 aliphatic carbocycles. The first-order valence-electron chi connectivity index (χ1n) is 9.60. The summed E-state index contributed by atoms with van der Waals surface area (Å²) < 4.78 is 5.96. The standard InChI is InChI=1S/C21H32O/c1-4-21-13-14(2)20-16-8-6-5-7-15(16)9-10-17(20)18(21)11-12-19(21)22-3/h7,16-20H,2,4-6,8-13H2,1,3H3/t16?,17?,18?,19?,20?,21-/m0/s1. The minimum atomic E-state index is 0.406. The zero-order valence-electron chi connectivity index (χ0n) is 14.4. The number of ether oxygens (including phenoxy) is 1. The second-order valence-electron chi connectivity index (χ2n) is 8.37. The van der Waals surface area contributed by atoms with Gasteiger partial charge in [0.15, 0.2) is 0 Å². The summed E-state index contributed by atoms with van der Waals surface area (Å²) in [6, 6.07) is 0. The van der Waals surface area contributed by atoms with Gasteiger partial charge in [-0.3, -0.25) is 0 Å². The molecule has 4 rings (SSSR count). The van der Waals surface area contributed by atoms with E-state index in [4.69, 9.17) is 4.74 Å². The van der Waals surface area contributed by atoms with E-state index in [9.17, 15) is 0 Å². The number of hydrogen-bond acceptors (Lipinski definition) is 1. The number of methoxy groups -OCH3 is 1. The summed E-state index contributed by atoms with van der Waals surface area (Å²) in [6.45, 7) is 7.02. The van der Waals surface area contributed by atoms with Crippen molar-refractivity contribution in [3.63, 3.8) is 0 Å². The topological polar surface area (TPSA) is 9.23 Å². The Balaban J connectivity index is 1.69. The lowest BCUT2D eigenvalue weighted by atomic mass is 9.50. The zero-order valence-corrected chi connectivity index (χ0v) is 14.4. The van der Waals surface area contributed by atoms with Gasteiger partial charge in [-0.25, -0.2) is 0 Å². The average Bonchev–Trinajstić information content (AvgIpc) is 2.93. The van der Waals surface area contributed by atoms with Crippen molar-refractivity contribution in [3.05, 3.63) is 23.8 Å². The number of fused-ring (bicyclic) bond motifs is 5. The molecule has 5 unspecified atom stereocenters. The Morgan fingerprint density at radius 1 is 1.27 bits per heavy atom. The van der Waals surface area contributed by atoms with Crippen LogP contribution < -0.4 is 0 Å². The van der Waals surface area contributed by atoms with Crippen LogP contribution in [-0.4, -0.2) is 13.2 Å². The van der Waals surface area contributed by atoms with Crippen molar-refractivity contribution in [1.29, 1.82) is 0 Å². The third-order valence-corrected chi connectivity index (χ3v) is 7.87. The van der Waals surface area contributed by atoms with E-state index in [0.29, 0.717) is 11.5 Å². The van der Waals surface area contributed by atoms with Gasteiger partial charge in [0.05, 0.1) is 6.10 Å². The van der Waals surface area contributed by atoms with Crippen LogP contribution in [0.2, 0.25) is 0 Å². The molecule has 0 amide bonds. The van der Waals surface area contributed by atoms with Crippen LogP contribution in [0.25, 0.3) is 0 Å². The Bertz CT molecular complexity index is 490. The van der Waals surface area contributed by atoms with Gasteiger partial charge in [-0.15, -0.1) is 0 Å². The van der Waals surface area contributed by atoms with Gasteiger partial charge in [0.1, 0.15) is 0 Å². The van der Waals surface area contributed by atoms with E-state index in [-0.39, 0.29) is 0 Å². The van der Waals surface area contributed by atoms with Crippen LogP contribution in [-0.2, 0) is 4.74 Å². The molecule has 0 heterocycles. The minimum absolute atomic E-state index is 0.406. The third kappa shape index (κ3) is 1.94. The molecule has 3 saturated carbocycles. The van der Waals surface area contributed by atoms with Crippen molar-refractivity contribution in [1.82, 2.24) is 0 Å². The van der Waals surface area contributed by atoms with Gasteiger partial charge in [0, 0.05) is 12.5 Å². The highest BCUT2D eigenvalue weighted by molar-refractivity contribution is 5.27. The molecular weight excluding hydrogens is 268 g/mol. The lowest BCUT2D eigenvalue weighted by molar-refractivity contribution is -0.0594. The second-order valence-corrected chi connectivity index (χ2v) is 8.37. The molecule has 1 nitrogen and oxygen atoms in total. The van der Waals surface area contributed by atoms with Gasteiger partial charge in [-0.2, -0.15) is 0 Å².